The zero-order chi connectivity index (χ0) is 17.6. The molecule has 6 heteroatoms. The lowest BCUT2D eigenvalue weighted by molar-refractivity contribution is -0.137. The van der Waals surface area contributed by atoms with E-state index in [1.54, 1.807) is 11.8 Å². The highest BCUT2D eigenvalue weighted by atomic mass is 16.4. The van der Waals surface area contributed by atoms with E-state index in [4.69, 9.17) is 5.11 Å². The molecule has 3 N–H and O–H groups in total. The van der Waals surface area contributed by atoms with Gasteiger partial charge in [0.05, 0.1) is 5.60 Å². The molecule has 0 aliphatic carbocycles. The van der Waals surface area contributed by atoms with Gasteiger partial charge >= 0.3 is 12.0 Å². The number of rotatable bonds is 6. The number of carbonyl (C=O) groups is 2. The summed E-state index contributed by atoms with van der Waals surface area (Å²) in [5, 5.41) is 21.9. The third kappa shape index (κ3) is 5.85. The fourth-order valence-electron chi connectivity index (χ4n) is 2.88. The fourth-order valence-corrected chi connectivity index (χ4v) is 2.88. The second-order valence-electron chi connectivity index (χ2n) is 6.75. The number of carboxylic acids is 1. The summed E-state index contributed by atoms with van der Waals surface area (Å²) in [6.07, 6.45) is 2.12. The second-order valence-corrected chi connectivity index (χ2v) is 6.75. The number of urea groups is 1. The van der Waals surface area contributed by atoms with Crippen molar-refractivity contribution in [2.24, 2.45) is 0 Å². The summed E-state index contributed by atoms with van der Waals surface area (Å²) in [7, 11) is 0. The number of nitrogens with zero attached hydrogens (tertiary/aromatic N) is 1. The first-order valence-electron chi connectivity index (χ1n) is 8.39. The molecule has 1 unspecified atom stereocenters. The number of amides is 2. The van der Waals surface area contributed by atoms with Crippen molar-refractivity contribution in [1.29, 1.82) is 0 Å². The molecule has 1 aromatic carbocycles. The van der Waals surface area contributed by atoms with Crippen LogP contribution in [0.5, 0.6) is 0 Å². The number of hydrogen-bond acceptors (Lipinski definition) is 3. The maximum absolute atomic E-state index is 12.4. The number of likely N-dealkylation sites (tertiary alicyclic amines) is 1. The molecule has 1 aliphatic rings. The normalized spacial score (nSPS) is 18.0. The molecule has 1 fully saturated rings. The minimum Gasteiger partial charge on any atom is -0.481 e. The minimum absolute atomic E-state index is 0.0203. The SMILES string of the molecule is CC1(O)CCN(C(=O)NC(CCC(=O)O)Cc2ccccc2)CC1. The van der Waals surface area contributed by atoms with Crippen molar-refractivity contribution in [3.63, 3.8) is 0 Å². The molecule has 2 rings (SSSR count). The molecule has 0 bridgehead atoms. The molecule has 0 saturated carbocycles. The van der Waals surface area contributed by atoms with Crippen molar-refractivity contribution in [1.82, 2.24) is 10.2 Å². The first-order chi connectivity index (χ1) is 11.4. The molecule has 0 radical (unpaired) electrons. The van der Waals surface area contributed by atoms with Gasteiger partial charge in [0.1, 0.15) is 0 Å². The van der Waals surface area contributed by atoms with Gasteiger partial charge in [0.2, 0.25) is 0 Å². The highest BCUT2D eigenvalue weighted by Gasteiger charge is 2.30. The van der Waals surface area contributed by atoms with Gasteiger partial charge in [0.15, 0.2) is 0 Å². The largest absolute Gasteiger partial charge is 0.481 e. The van der Waals surface area contributed by atoms with E-state index in [0.717, 1.165) is 5.56 Å². The van der Waals surface area contributed by atoms with Crippen LogP contribution >= 0.6 is 0 Å². The van der Waals surface area contributed by atoms with Gasteiger partial charge in [0, 0.05) is 25.6 Å². The van der Waals surface area contributed by atoms with E-state index in [2.05, 4.69) is 5.32 Å². The van der Waals surface area contributed by atoms with Crippen molar-refractivity contribution in [2.75, 3.05) is 13.1 Å². The van der Waals surface area contributed by atoms with E-state index < -0.39 is 11.6 Å². The molecule has 1 atom stereocenters. The molecule has 1 heterocycles. The number of aliphatic carboxylic acids is 1. The molecule has 1 aromatic rings. The lowest BCUT2D eigenvalue weighted by Gasteiger charge is -2.36. The number of aliphatic hydroxyl groups is 1. The van der Waals surface area contributed by atoms with Crippen molar-refractivity contribution in [3.05, 3.63) is 35.9 Å². The van der Waals surface area contributed by atoms with Crippen molar-refractivity contribution in [3.8, 4) is 0 Å². The van der Waals surface area contributed by atoms with Crippen LogP contribution in [0.25, 0.3) is 0 Å². The van der Waals surface area contributed by atoms with Crippen LogP contribution in [0.4, 0.5) is 4.79 Å². The second kappa shape index (κ2) is 8.15. The van der Waals surface area contributed by atoms with Crippen LogP contribution in [0.3, 0.4) is 0 Å². The van der Waals surface area contributed by atoms with E-state index >= 15 is 0 Å². The number of piperidine rings is 1. The summed E-state index contributed by atoms with van der Waals surface area (Å²) >= 11 is 0. The quantitative estimate of drug-likeness (QED) is 0.742. The van der Waals surface area contributed by atoms with Gasteiger partial charge in [-0.15, -0.1) is 0 Å². The smallest absolute Gasteiger partial charge is 0.317 e. The zero-order valence-electron chi connectivity index (χ0n) is 14.1. The monoisotopic (exact) mass is 334 g/mol. The molecular formula is C18H26N2O4. The van der Waals surface area contributed by atoms with Crippen LogP contribution < -0.4 is 5.32 Å². The molecule has 24 heavy (non-hydrogen) atoms. The summed E-state index contributed by atoms with van der Waals surface area (Å²) in [4.78, 5) is 25.0. The predicted molar refractivity (Wildman–Crippen MR) is 90.8 cm³/mol. The molecule has 0 aromatic heterocycles. The van der Waals surface area contributed by atoms with Crippen LogP contribution in [0, 0.1) is 0 Å². The maximum atomic E-state index is 12.4. The number of hydrogen-bond donors (Lipinski definition) is 3. The lowest BCUT2D eigenvalue weighted by Crippen LogP contribution is -2.51. The van der Waals surface area contributed by atoms with E-state index in [9.17, 15) is 14.7 Å². The summed E-state index contributed by atoms with van der Waals surface area (Å²) in [5.41, 5.74) is 0.360. The van der Waals surface area contributed by atoms with Crippen LogP contribution in [-0.2, 0) is 11.2 Å². The van der Waals surface area contributed by atoms with Crippen LogP contribution in [0.2, 0.25) is 0 Å². The highest BCUT2D eigenvalue weighted by molar-refractivity contribution is 5.75. The van der Waals surface area contributed by atoms with Crippen molar-refractivity contribution >= 4 is 12.0 Å². The van der Waals surface area contributed by atoms with E-state index in [-0.39, 0.29) is 18.5 Å². The zero-order valence-corrected chi connectivity index (χ0v) is 14.1. The van der Waals surface area contributed by atoms with Crippen LogP contribution in [-0.4, -0.2) is 51.8 Å². The average Bonchev–Trinajstić information content (AvgIpc) is 2.53. The van der Waals surface area contributed by atoms with Crippen LogP contribution in [0.1, 0.15) is 38.2 Å². The molecule has 1 saturated heterocycles. The van der Waals surface area contributed by atoms with E-state index in [0.29, 0.717) is 38.8 Å². The van der Waals surface area contributed by atoms with Gasteiger partial charge in [0.25, 0.3) is 0 Å². The van der Waals surface area contributed by atoms with Gasteiger partial charge in [-0.05, 0) is 38.2 Å². The number of carboxylic acid groups (broad SMARTS) is 1. The van der Waals surface area contributed by atoms with Gasteiger partial charge < -0.3 is 20.4 Å². The Hall–Kier alpha value is -2.08. The van der Waals surface area contributed by atoms with Gasteiger partial charge in [-0.1, -0.05) is 30.3 Å². The number of benzene rings is 1. The molecular weight excluding hydrogens is 308 g/mol. The van der Waals surface area contributed by atoms with Crippen molar-refractivity contribution in [2.45, 2.75) is 50.7 Å². The number of nitrogens with one attached hydrogen (secondary N) is 1. The van der Waals surface area contributed by atoms with Crippen molar-refractivity contribution < 1.29 is 19.8 Å². The van der Waals surface area contributed by atoms with Gasteiger partial charge in [-0.2, -0.15) is 0 Å². The standard InChI is InChI=1S/C18H26N2O4/c1-18(24)9-11-20(12-10-18)17(23)19-15(7-8-16(21)22)13-14-5-3-2-4-6-14/h2-6,15,24H,7-13H2,1H3,(H,19,23)(H,21,22). The minimum atomic E-state index is -0.865. The topological polar surface area (TPSA) is 89.9 Å². The number of carbonyl (C=O) groups excluding carboxylic acids is 1. The third-order valence-corrected chi connectivity index (χ3v) is 4.49. The summed E-state index contributed by atoms with van der Waals surface area (Å²) in [5.74, 6) is -0.865. The van der Waals surface area contributed by atoms with E-state index in [1.165, 1.54) is 0 Å². The Labute approximate surface area is 142 Å². The van der Waals surface area contributed by atoms with Gasteiger partial charge in [-0.3, -0.25) is 4.79 Å². The molecule has 132 valence electrons. The Kier molecular flexibility index (Phi) is 6.20. The Morgan fingerprint density at radius 3 is 2.46 bits per heavy atom. The summed E-state index contributed by atoms with van der Waals surface area (Å²) in [6.45, 7) is 2.80. The fraction of sp³-hybridized carbons (Fsp3) is 0.556. The molecule has 0 spiro atoms. The first-order valence-corrected chi connectivity index (χ1v) is 8.39. The maximum Gasteiger partial charge on any atom is 0.317 e. The Morgan fingerprint density at radius 2 is 1.88 bits per heavy atom. The average molecular weight is 334 g/mol. The van der Waals surface area contributed by atoms with E-state index in [1.807, 2.05) is 30.3 Å². The lowest BCUT2D eigenvalue weighted by atomic mass is 9.94. The molecule has 1 aliphatic heterocycles. The summed E-state index contributed by atoms with van der Waals surface area (Å²) in [6, 6.07) is 9.32. The Morgan fingerprint density at radius 1 is 1.25 bits per heavy atom. The molecule has 6 nitrogen and oxygen atoms in total. The third-order valence-electron chi connectivity index (χ3n) is 4.49. The van der Waals surface area contributed by atoms with Crippen LogP contribution in [0.15, 0.2) is 30.3 Å². The first kappa shape index (κ1) is 18.3. The van der Waals surface area contributed by atoms with Gasteiger partial charge in [-0.25, -0.2) is 4.79 Å². The Balaban J connectivity index is 1.93. The highest BCUT2D eigenvalue weighted by Crippen LogP contribution is 2.21. The predicted octanol–water partition coefficient (Wildman–Crippen LogP) is 2.02. The summed E-state index contributed by atoms with van der Waals surface area (Å²) < 4.78 is 0. The molecule has 2 amide bonds. The Bertz CT molecular complexity index is 549.